The summed E-state index contributed by atoms with van der Waals surface area (Å²) >= 11 is 4.73. The first kappa shape index (κ1) is 27.4. The van der Waals surface area contributed by atoms with E-state index in [0.717, 1.165) is 10.0 Å². The Morgan fingerprint density at radius 1 is 1.18 bits per heavy atom. The second kappa shape index (κ2) is 11.8. The SMILES string of the molecule is C=CCOc1ccc(C2C(C(=O)OCC)=C(C)N=c3sc(=Cc4cc(Br)c(OC)cc4OC)c(=O)n32)cc1. The number of fused-ring (bicyclic) bond motifs is 1. The molecule has 0 saturated carbocycles. The highest BCUT2D eigenvalue weighted by atomic mass is 79.9. The molecule has 10 heteroatoms. The van der Waals surface area contributed by atoms with Crippen molar-refractivity contribution < 1.29 is 23.7 Å². The molecule has 1 atom stereocenters. The molecule has 38 heavy (non-hydrogen) atoms. The van der Waals surface area contributed by atoms with Crippen LogP contribution in [0.15, 0.2) is 74.6 Å². The summed E-state index contributed by atoms with van der Waals surface area (Å²) in [4.78, 5) is 32.0. The van der Waals surface area contributed by atoms with Crippen molar-refractivity contribution in [3.8, 4) is 17.2 Å². The predicted molar refractivity (Wildman–Crippen MR) is 150 cm³/mol. The number of nitrogens with zero attached hydrogens (tertiary/aromatic N) is 2. The minimum Gasteiger partial charge on any atom is -0.496 e. The number of rotatable bonds is 9. The number of carbonyl (C=O) groups is 1. The van der Waals surface area contributed by atoms with E-state index in [1.54, 1.807) is 63.0 Å². The summed E-state index contributed by atoms with van der Waals surface area (Å²) in [5, 5.41) is 0. The number of hydrogen-bond donors (Lipinski definition) is 0. The molecule has 1 aliphatic heterocycles. The molecular formula is C28H27BrN2O6S. The number of halogens is 1. The molecule has 2 aromatic carbocycles. The summed E-state index contributed by atoms with van der Waals surface area (Å²) in [5.74, 6) is 1.29. The summed E-state index contributed by atoms with van der Waals surface area (Å²) in [7, 11) is 3.12. The number of aromatic nitrogens is 1. The average molecular weight is 600 g/mol. The smallest absolute Gasteiger partial charge is 0.338 e. The van der Waals surface area contributed by atoms with Crippen LogP contribution in [0.1, 0.15) is 31.0 Å². The van der Waals surface area contributed by atoms with Gasteiger partial charge in [-0.2, -0.15) is 0 Å². The van der Waals surface area contributed by atoms with Crippen molar-refractivity contribution in [3.05, 3.63) is 95.6 Å². The van der Waals surface area contributed by atoms with Gasteiger partial charge in [0.05, 0.1) is 47.1 Å². The summed E-state index contributed by atoms with van der Waals surface area (Å²) in [6, 6.07) is 10.1. The molecule has 0 N–H and O–H groups in total. The number of hydrogen-bond acceptors (Lipinski definition) is 8. The van der Waals surface area contributed by atoms with Crippen molar-refractivity contribution in [2.45, 2.75) is 19.9 Å². The van der Waals surface area contributed by atoms with Gasteiger partial charge >= 0.3 is 5.97 Å². The monoisotopic (exact) mass is 598 g/mol. The van der Waals surface area contributed by atoms with E-state index >= 15 is 0 Å². The van der Waals surface area contributed by atoms with Crippen molar-refractivity contribution in [3.63, 3.8) is 0 Å². The fraction of sp³-hybridized carbons (Fsp3) is 0.250. The van der Waals surface area contributed by atoms with Gasteiger partial charge in [0, 0.05) is 11.6 Å². The molecule has 1 aliphatic rings. The molecule has 8 nitrogen and oxygen atoms in total. The van der Waals surface area contributed by atoms with Crippen LogP contribution in [0.5, 0.6) is 17.2 Å². The minimum atomic E-state index is -0.717. The summed E-state index contributed by atoms with van der Waals surface area (Å²) in [6.45, 7) is 7.73. The van der Waals surface area contributed by atoms with Gasteiger partial charge in [0.25, 0.3) is 5.56 Å². The van der Waals surface area contributed by atoms with Gasteiger partial charge < -0.3 is 18.9 Å². The Labute approximate surface area is 232 Å². The Bertz CT molecular complexity index is 1590. The number of allylic oxidation sites excluding steroid dienone is 1. The molecule has 4 rings (SSSR count). The molecule has 0 bridgehead atoms. The molecule has 198 valence electrons. The highest BCUT2D eigenvalue weighted by molar-refractivity contribution is 9.10. The molecule has 1 aromatic heterocycles. The van der Waals surface area contributed by atoms with E-state index in [1.165, 1.54) is 11.3 Å². The van der Waals surface area contributed by atoms with Crippen molar-refractivity contribution >= 4 is 39.3 Å². The van der Waals surface area contributed by atoms with Crippen molar-refractivity contribution in [2.24, 2.45) is 4.99 Å². The number of ether oxygens (including phenoxy) is 4. The van der Waals surface area contributed by atoms with E-state index in [0.29, 0.717) is 50.0 Å². The van der Waals surface area contributed by atoms with Gasteiger partial charge in [-0.3, -0.25) is 9.36 Å². The fourth-order valence-corrected chi connectivity index (χ4v) is 5.71. The van der Waals surface area contributed by atoms with E-state index in [4.69, 9.17) is 18.9 Å². The number of methoxy groups -OCH3 is 2. The van der Waals surface area contributed by atoms with E-state index in [-0.39, 0.29) is 12.2 Å². The quantitative estimate of drug-likeness (QED) is 0.272. The topological polar surface area (TPSA) is 88.4 Å². The zero-order chi connectivity index (χ0) is 27.4. The van der Waals surface area contributed by atoms with Crippen LogP contribution in [-0.2, 0) is 9.53 Å². The zero-order valence-corrected chi connectivity index (χ0v) is 23.9. The van der Waals surface area contributed by atoms with E-state index in [1.807, 2.05) is 18.2 Å². The van der Waals surface area contributed by atoms with E-state index in [2.05, 4.69) is 27.5 Å². The molecule has 1 unspecified atom stereocenters. The third kappa shape index (κ3) is 5.32. The number of esters is 1. The normalized spacial score (nSPS) is 15.0. The second-order valence-electron chi connectivity index (χ2n) is 8.20. The Balaban J connectivity index is 1.91. The molecule has 2 heterocycles. The van der Waals surface area contributed by atoms with Gasteiger partial charge in [-0.05, 0) is 59.6 Å². The van der Waals surface area contributed by atoms with Crippen molar-refractivity contribution in [1.82, 2.24) is 4.57 Å². The Kier molecular flexibility index (Phi) is 8.53. The molecular weight excluding hydrogens is 572 g/mol. The Morgan fingerprint density at radius 3 is 2.53 bits per heavy atom. The third-order valence-electron chi connectivity index (χ3n) is 5.87. The maximum Gasteiger partial charge on any atom is 0.338 e. The van der Waals surface area contributed by atoms with Gasteiger partial charge in [-0.15, -0.1) is 0 Å². The van der Waals surface area contributed by atoms with Crippen LogP contribution in [0.3, 0.4) is 0 Å². The predicted octanol–water partition coefficient (Wildman–Crippen LogP) is 4.14. The molecule has 3 aromatic rings. The number of carbonyl (C=O) groups excluding carboxylic acids is 1. The molecule has 0 saturated heterocycles. The number of benzene rings is 2. The lowest BCUT2D eigenvalue weighted by Crippen LogP contribution is -2.39. The maximum atomic E-state index is 13.8. The van der Waals surface area contributed by atoms with E-state index < -0.39 is 12.0 Å². The maximum absolute atomic E-state index is 13.8. The standard InChI is InChI=1S/C28H27BrN2O6S/c1-6-12-37-19-10-8-17(9-11-19)25-24(27(33)36-7-2)16(3)30-28-31(25)26(32)23(38-28)14-18-13-20(29)22(35-5)15-21(18)34-4/h6,8-11,13-15,25H,1,7,12H2,2-5H3. The van der Waals surface area contributed by atoms with Gasteiger partial charge in [0.1, 0.15) is 23.9 Å². The highest BCUT2D eigenvalue weighted by Crippen LogP contribution is 2.34. The third-order valence-corrected chi connectivity index (χ3v) is 7.47. The number of thiazole rings is 1. The molecule has 0 spiro atoms. The van der Waals surface area contributed by atoms with Crippen LogP contribution in [0.2, 0.25) is 0 Å². The minimum absolute atomic E-state index is 0.202. The lowest BCUT2D eigenvalue weighted by Gasteiger charge is -2.24. The summed E-state index contributed by atoms with van der Waals surface area (Å²) in [6.07, 6.45) is 3.41. The first-order valence-electron chi connectivity index (χ1n) is 11.8. The van der Waals surface area contributed by atoms with E-state index in [9.17, 15) is 9.59 Å². The van der Waals surface area contributed by atoms with Crippen LogP contribution in [0.4, 0.5) is 0 Å². The second-order valence-corrected chi connectivity index (χ2v) is 10.1. The van der Waals surface area contributed by atoms with Crippen molar-refractivity contribution in [2.75, 3.05) is 27.4 Å². The molecule has 0 radical (unpaired) electrons. The summed E-state index contributed by atoms with van der Waals surface area (Å²) in [5.41, 5.74) is 1.94. The largest absolute Gasteiger partial charge is 0.496 e. The van der Waals surface area contributed by atoms with Gasteiger partial charge in [-0.25, -0.2) is 9.79 Å². The lowest BCUT2D eigenvalue weighted by atomic mass is 9.96. The van der Waals surface area contributed by atoms with Crippen LogP contribution in [0.25, 0.3) is 6.08 Å². The van der Waals surface area contributed by atoms with Crippen LogP contribution in [-0.4, -0.2) is 38.0 Å². The molecule has 0 aliphatic carbocycles. The van der Waals surface area contributed by atoms with Gasteiger partial charge in [0.2, 0.25) is 0 Å². The summed E-state index contributed by atoms with van der Waals surface area (Å²) < 4.78 is 24.6. The Morgan fingerprint density at radius 2 is 1.89 bits per heavy atom. The van der Waals surface area contributed by atoms with Gasteiger partial charge in [-0.1, -0.05) is 36.1 Å². The lowest BCUT2D eigenvalue weighted by molar-refractivity contribution is -0.139. The highest BCUT2D eigenvalue weighted by Gasteiger charge is 2.33. The first-order chi connectivity index (χ1) is 18.3. The molecule has 0 amide bonds. The van der Waals surface area contributed by atoms with Crippen molar-refractivity contribution in [1.29, 1.82) is 0 Å². The first-order valence-corrected chi connectivity index (χ1v) is 13.4. The zero-order valence-electron chi connectivity index (χ0n) is 21.4. The van der Waals surface area contributed by atoms with Gasteiger partial charge in [0.15, 0.2) is 4.80 Å². The Hall–Kier alpha value is -3.63. The average Bonchev–Trinajstić information content (AvgIpc) is 3.21. The van der Waals surface area contributed by atoms with Crippen LogP contribution >= 0.6 is 27.3 Å². The molecule has 0 fully saturated rings. The van der Waals surface area contributed by atoms with Crippen LogP contribution < -0.4 is 29.1 Å². The van der Waals surface area contributed by atoms with Crippen LogP contribution in [0, 0.1) is 0 Å². The fourth-order valence-electron chi connectivity index (χ4n) is 4.15.